The fourth-order valence-electron chi connectivity index (χ4n) is 4.45. The summed E-state index contributed by atoms with van der Waals surface area (Å²) < 4.78 is 18.1. The fraction of sp³-hybridized carbons (Fsp3) is 1.00. The first kappa shape index (κ1) is 21.2. The zero-order chi connectivity index (χ0) is 18.1. The molecule has 0 heterocycles. The van der Waals surface area contributed by atoms with E-state index < -0.39 is 0 Å². The molecule has 2 rings (SSSR count). The first-order valence-electron chi connectivity index (χ1n) is 10.8. The molecule has 2 aliphatic rings. The Balaban J connectivity index is 1.72. The van der Waals surface area contributed by atoms with Gasteiger partial charge in [0.2, 0.25) is 0 Å². The lowest BCUT2D eigenvalue weighted by Crippen LogP contribution is -2.30. The van der Waals surface area contributed by atoms with E-state index >= 15 is 0 Å². The van der Waals surface area contributed by atoms with E-state index in [0.717, 1.165) is 37.9 Å². The molecule has 2 saturated carbocycles. The smallest absolute Gasteiger partial charge is 0.0644 e. The number of methoxy groups -OCH3 is 1. The Kier molecular flexibility index (Phi) is 9.23. The maximum absolute atomic E-state index is 6.33. The highest BCUT2D eigenvalue weighted by atomic mass is 16.5. The lowest BCUT2D eigenvalue weighted by Gasteiger charge is -2.30. The summed E-state index contributed by atoms with van der Waals surface area (Å²) in [4.78, 5) is 0. The predicted molar refractivity (Wildman–Crippen MR) is 104 cm³/mol. The van der Waals surface area contributed by atoms with Crippen LogP contribution in [0.3, 0.4) is 0 Å². The molecule has 3 nitrogen and oxygen atoms in total. The van der Waals surface area contributed by atoms with Gasteiger partial charge in [-0.25, -0.2) is 0 Å². The zero-order valence-electron chi connectivity index (χ0n) is 17.2. The van der Waals surface area contributed by atoms with Crippen LogP contribution in [0, 0.1) is 11.8 Å². The third-order valence-corrected chi connectivity index (χ3v) is 6.61. The van der Waals surface area contributed by atoms with Gasteiger partial charge in [0.25, 0.3) is 0 Å². The van der Waals surface area contributed by atoms with Gasteiger partial charge in [-0.05, 0) is 71.1 Å². The van der Waals surface area contributed by atoms with Gasteiger partial charge >= 0.3 is 0 Å². The van der Waals surface area contributed by atoms with Crippen LogP contribution < -0.4 is 0 Å². The lowest BCUT2D eigenvalue weighted by molar-refractivity contribution is -0.0589. The zero-order valence-corrected chi connectivity index (χ0v) is 17.2. The third kappa shape index (κ3) is 7.56. The molecule has 0 aliphatic heterocycles. The van der Waals surface area contributed by atoms with Crippen molar-refractivity contribution in [3.05, 3.63) is 0 Å². The highest BCUT2D eigenvalue weighted by Gasteiger charge is 2.27. The molecule has 0 aromatic heterocycles. The molecule has 0 unspecified atom stereocenters. The molecule has 0 aromatic rings. The fourth-order valence-corrected chi connectivity index (χ4v) is 4.45. The highest BCUT2D eigenvalue weighted by Crippen LogP contribution is 2.32. The van der Waals surface area contributed by atoms with Gasteiger partial charge in [-0.3, -0.25) is 0 Å². The Bertz CT molecular complexity index is 343. The molecular weight excluding hydrogens is 312 g/mol. The maximum atomic E-state index is 6.33. The van der Waals surface area contributed by atoms with E-state index in [1.54, 1.807) is 7.11 Å². The van der Waals surface area contributed by atoms with E-state index in [4.69, 9.17) is 14.2 Å². The van der Waals surface area contributed by atoms with Crippen LogP contribution in [0.15, 0.2) is 0 Å². The second kappa shape index (κ2) is 10.9. The van der Waals surface area contributed by atoms with Crippen LogP contribution >= 0.6 is 0 Å². The molecule has 0 saturated heterocycles. The second-order valence-corrected chi connectivity index (χ2v) is 8.93. The van der Waals surface area contributed by atoms with Gasteiger partial charge in [-0.15, -0.1) is 0 Å². The quantitative estimate of drug-likeness (QED) is 0.472. The van der Waals surface area contributed by atoms with Gasteiger partial charge in [-0.2, -0.15) is 0 Å². The van der Waals surface area contributed by atoms with Crippen LogP contribution in [0.2, 0.25) is 0 Å². The van der Waals surface area contributed by atoms with Crippen LogP contribution in [0.5, 0.6) is 0 Å². The van der Waals surface area contributed by atoms with Crippen molar-refractivity contribution in [3.8, 4) is 0 Å². The van der Waals surface area contributed by atoms with Crippen molar-refractivity contribution in [1.29, 1.82) is 0 Å². The van der Waals surface area contributed by atoms with Crippen molar-refractivity contribution in [2.24, 2.45) is 11.8 Å². The van der Waals surface area contributed by atoms with Gasteiger partial charge in [0.15, 0.2) is 0 Å². The molecule has 0 amide bonds. The van der Waals surface area contributed by atoms with Crippen molar-refractivity contribution >= 4 is 0 Å². The van der Waals surface area contributed by atoms with Crippen LogP contribution in [0.25, 0.3) is 0 Å². The summed E-state index contributed by atoms with van der Waals surface area (Å²) >= 11 is 0. The van der Waals surface area contributed by atoms with Gasteiger partial charge in [0.05, 0.1) is 17.8 Å². The average molecular weight is 355 g/mol. The molecule has 0 bridgehead atoms. The minimum Gasteiger partial charge on any atom is -0.379 e. The molecule has 0 spiro atoms. The lowest BCUT2D eigenvalue weighted by atomic mass is 9.86. The van der Waals surface area contributed by atoms with Crippen molar-refractivity contribution in [2.75, 3.05) is 20.3 Å². The van der Waals surface area contributed by atoms with Gasteiger partial charge in [0, 0.05) is 20.3 Å². The molecule has 0 N–H and O–H groups in total. The first-order chi connectivity index (χ1) is 12.0. The SMILES string of the molecule is COC(C)(C)CCO[C@@H](CCO[C@@H](C)C1CCCCC1)C1CCCC1. The third-order valence-electron chi connectivity index (χ3n) is 6.61. The first-order valence-corrected chi connectivity index (χ1v) is 10.8. The van der Waals surface area contributed by atoms with Crippen LogP contribution in [0.4, 0.5) is 0 Å². The molecule has 148 valence electrons. The maximum Gasteiger partial charge on any atom is 0.0644 e. The van der Waals surface area contributed by atoms with Crippen molar-refractivity contribution < 1.29 is 14.2 Å². The Labute approximate surface area is 156 Å². The van der Waals surface area contributed by atoms with Gasteiger partial charge in [0.1, 0.15) is 0 Å². The van der Waals surface area contributed by atoms with Gasteiger partial charge in [-0.1, -0.05) is 32.1 Å². The van der Waals surface area contributed by atoms with Crippen LogP contribution in [-0.4, -0.2) is 38.1 Å². The second-order valence-electron chi connectivity index (χ2n) is 8.93. The van der Waals surface area contributed by atoms with Crippen LogP contribution in [0.1, 0.15) is 91.4 Å². The molecule has 2 atom stereocenters. The van der Waals surface area contributed by atoms with E-state index in [1.807, 2.05) is 0 Å². The largest absolute Gasteiger partial charge is 0.379 e. The Morgan fingerprint density at radius 1 is 0.840 bits per heavy atom. The summed E-state index contributed by atoms with van der Waals surface area (Å²) in [5.41, 5.74) is -0.0910. The normalized spacial score (nSPS) is 23.0. The number of hydrogen-bond donors (Lipinski definition) is 0. The van der Waals surface area contributed by atoms with E-state index in [1.165, 1.54) is 57.8 Å². The van der Waals surface area contributed by atoms with Crippen molar-refractivity contribution in [3.63, 3.8) is 0 Å². The molecule has 2 fully saturated rings. The predicted octanol–water partition coefficient (Wildman–Crippen LogP) is 5.75. The van der Waals surface area contributed by atoms with E-state index in [2.05, 4.69) is 20.8 Å². The van der Waals surface area contributed by atoms with E-state index in [0.29, 0.717) is 12.2 Å². The number of hydrogen-bond acceptors (Lipinski definition) is 3. The summed E-state index contributed by atoms with van der Waals surface area (Å²) in [5, 5.41) is 0. The van der Waals surface area contributed by atoms with Crippen LogP contribution in [-0.2, 0) is 14.2 Å². The number of rotatable bonds is 11. The van der Waals surface area contributed by atoms with E-state index in [9.17, 15) is 0 Å². The minimum absolute atomic E-state index is 0.0910. The summed E-state index contributed by atoms with van der Waals surface area (Å²) in [6.07, 6.45) is 15.1. The Hall–Kier alpha value is -0.120. The monoisotopic (exact) mass is 354 g/mol. The summed E-state index contributed by atoms with van der Waals surface area (Å²) in [7, 11) is 1.79. The summed E-state index contributed by atoms with van der Waals surface area (Å²) in [6.45, 7) is 8.20. The molecular formula is C22H42O3. The van der Waals surface area contributed by atoms with E-state index in [-0.39, 0.29) is 5.60 Å². The Morgan fingerprint density at radius 3 is 2.08 bits per heavy atom. The molecule has 25 heavy (non-hydrogen) atoms. The Morgan fingerprint density at radius 2 is 1.44 bits per heavy atom. The standard InChI is InChI=1S/C22H42O3/c1-18(19-10-6-5-7-11-19)24-16-14-21(20-12-8-9-13-20)25-17-15-22(2,3)23-4/h18-21H,5-17H2,1-4H3/t18-,21-/m0/s1. The molecule has 0 radical (unpaired) electrons. The highest BCUT2D eigenvalue weighted by molar-refractivity contribution is 4.78. The molecule has 0 aromatic carbocycles. The summed E-state index contributed by atoms with van der Waals surface area (Å²) in [5.74, 6) is 1.52. The number of ether oxygens (including phenoxy) is 3. The molecule has 3 heteroatoms. The topological polar surface area (TPSA) is 27.7 Å². The summed E-state index contributed by atoms with van der Waals surface area (Å²) in [6, 6.07) is 0. The van der Waals surface area contributed by atoms with Gasteiger partial charge < -0.3 is 14.2 Å². The van der Waals surface area contributed by atoms with Crippen molar-refractivity contribution in [1.82, 2.24) is 0 Å². The average Bonchev–Trinajstić information content (AvgIpc) is 3.15. The molecule has 2 aliphatic carbocycles. The van der Waals surface area contributed by atoms with Crippen molar-refractivity contribution in [2.45, 2.75) is 109 Å². The minimum atomic E-state index is -0.0910.